The van der Waals surface area contributed by atoms with Crippen LogP contribution >= 0.6 is 18.9 Å². The maximum atomic E-state index is 14.3. The number of benzene rings is 2. The second-order valence-electron chi connectivity index (χ2n) is 11.2. The van der Waals surface area contributed by atoms with Crippen LogP contribution in [0.3, 0.4) is 0 Å². The minimum atomic E-state index is -5.80. The van der Waals surface area contributed by atoms with Gasteiger partial charge in [-0.25, -0.2) is 0 Å². The summed E-state index contributed by atoms with van der Waals surface area (Å²) in [5.41, 5.74) is 0.934. The van der Waals surface area contributed by atoms with Crippen LogP contribution in [-0.4, -0.2) is 81.5 Å². The van der Waals surface area contributed by atoms with Gasteiger partial charge in [-0.15, -0.1) is 11.3 Å². The van der Waals surface area contributed by atoms with E-state index in [1.807, 2.05) is 30.3 Å². The summed E-state index contributed by atoms with van der Waals surface area (Å²) in [7, 11) is -5.80. The smallest absolute Gasteiger partial charge is 0.370 e. The van der Waals surface area contributed by atoms with E-state index in [2.05, 4.69) is 5.32 Å². The molecule has 0 saturated carbocycles. The summed E-state index contributed by atoms with van der Waals surface area (Å²) in [6, 6.07) is 11.8. The van der Waals surface area contributed by atoms with Gasteiger partial charge in [-0.05, 0) is 48.4 Å². The first-order chi connectivity index (χ1) is 21.8. The molecule has 246 valence electrons. The third kappa shape index (κ3) is 7.13. The number of halogens is 2. The molecule has 3 atom stereocenters. The van der Waals surface area contributed by atoms with E-state index in [-0.39, 0.29) is 41.7 Å². The van der Waals surface area contributed by atoms with E-state index in [0.29, 0.717) is 37.2 Å². The number of nitrogens with one attached hydrogen (secondary N) is 1. The summed E-state index contributed by atoms with van der Waals surface area (Å²) < 4.78 is 46.1. The highest BCUT2D eigenvalue weighted by Gasteiger charge is 2.50. The van der Waals surface area contributed by atoms with Crippen molar-refractivity contribution in [2.75, 3.05) is 26.2 Å². The lowest BCUT2D eigenvalue weighted by atomic mass is 10.1. The predicted molar refractivity (Wildman–Crippen MR) is 164 cm³/mol. The van der Waals surface area contributed by atoms with Crippen molar-refractivity contribution in [2.45, 2.75) is 49.5 Å². The number of primary amides is 1. The molecule has 1 aromatic heterocycles. The average molecular weight is 679 g/mol. The summed E-state index contributed by atoms with van der Waals surface area (Å²) in [5, 5.41) is 2.76. The summed E-state index contributed by atoms with van der Waals surface area (Å²) in [5.74, 6) is -2.21. The third-order valence-electron chi connectivity index (χ3n) is 8.11. The molecule has 3 aromatic rings. The third-order valence-corrected chi connectivity index (χ3v) is 10.2. The summed E-state index contributed by atoms with van der Waals surface area (Å²) >= 11 is 0.925. The molecular formula is C30H33F2N4O8PS. The molecule has 3 heterocycles. The number of fused-ring (bicyclic) bond motifs is 1. The van der Waals surface area contributed by atoms with E-state index < -0.39 is 48.6 Å². The molecule has 2 aliphatic rings. The average Bonchev–Trinajstić information content (AvgIpc) is 3.70. The Bertz CT molecular complexity index is 1680. The highest BCUT2D eigenvalue weighted by molar-refractivity contribution is 7.52. The Kier molecular flexibility index (Phi) is 9.89. The number of rotatable bonds is 10. The SMILES string of the molecule is NC(=O)CCC(NC(=O)c1cc2cc(C(F)(F)P(=O)(O)O)ccc2s1)C(=O)N1CCCC1C(=O)N1CCOC(c2ccccc2)C1. The Morgan fingerprint density at radius 3 is 2.54 bits per heavy atom. The Labute approximate surface area is 266 Å². The van der Waals surface area contributed by atoms with E-state index in [0.717, 1.165) is 29.0 Å². The molecule has 4 amide bonds. The van der Waals surface area contributed by atoms with Crippen molar-refractivity contribution in [1.29, 1.82) is 0 Å². The van der Waals surface area contributed by atoms with Gasteiger partial charge >= 0.3 is 13.3 Å². The highest BCUT2D eigenvalue weighted by Crippen LogP contribution is 2.59. The number of morpholine rings is 1. The number of thiophene rings is 1. The van der Waals surface area contributed by atoms with Gasteiger partial charge in [-0.1, -0.05) is 36.4 Å². The fourth-order valence-corrected chi connectivity index (χ4v) is 7.12. The molecule has 16 heteroatoms. The summed E-state index contributed by atoms with van der Waals surface area (Å²) in [6.45, 7) is 1.27. The van der Waals surface area contributed by atoms with Crippen LogP contribution in [-0.2, 0) is 29.3 Å². The minimum Gasteiger partial charge on any atom is -0.370 e. The van der Waals surface area contributed by atoms with Crippen molar-refractivity contribution in [3.8, 4) is 0 Å². The fourth-order valence-electron chi connectivity index (χ4n) is 5.70. The molecule has 0 bridgehead atoms. The highest BCUT2D eigenvalue weighted by atomic mass is 32.1. The Hall–Kier alpha value is -3.75. The lowest BCUT2D eigenvalue weighted by Gasteiger charge is -2.37. The fraction of sp³-hybridized carbons (Fsp3) is 0.400. The molecule has 5 N–H and O–H groups in total. The zero-order valence-corrected chi connectivity index (χ0v) is 26.2. The van der Waals surface area contributed by atoms with Gasteiger partial charge in [0.05, 0.1) is 18.0 Å². The van der Waals surface area contributed by atoms with Crippen LogP contribution in [0.4, 0.5) is 8.78 Å². The zero-order chi connectivity index (χ0) is 33.2. The van der Waals surface area contributed by atoms with Crippen LogP contribution in [0, 0.1) is 0 Å². The number of likely N-dealkylation sites (tertiary alicyclic amines) is 1. The van der Waals surface area contributed by atoms with Crippen LogP contribution in [0.25, 0.3) is 10.1 Å². The molecule has 3 unspecified atom stereocenters. The van der Waals surface area contributed by atoms with Crippen LogP contribution in [0.1, 0.15) is 52.6 Å². The molecule has 12 nitrogen and oxygen atoms in total. The molecule has 2 saturated heterocycles. The van der Waals surface area contributed by atoms with Crippen molar-refractivity contribution < 1.29 is 47.0 Å². The van der Waals surface area contributed by atoms with Crippen molar-refractivity contribution in [3.05, 3.63) is 70.6 Å². The lowest BCUT2D eigenvalue weighted by molar-refractivity contribution is -0.149. The van der Waals surface area contributed by atoms with Crippen LogP contribution < -0.4 is 11.1 Å². The standard InChI is InChI=1S/C30H33F2N4O8PS/c31-30(32,45(41,42)43)20-8-10-24-19(15-20)16-25(46-24)27(38)34-21(9-11-26(33)37)28(39)36-12-4-7-22(36)29(40)35-13-14-44-23(17-35)18-5-2-1-3-6-18/h1-3,5-6,8,10,15-16,21-23H,4,7,9,11-14,17H2,(H2,33,37)(H,34,38)(H2,41,42,43). The second kappa shape index (κ2) is 13.5. The van der Waals surface area contributed by atoms with E-state index >= 15 is 0 Å². The maximum absolute atomic E-state index is 14.3. The second-order valence-corrected chi connectivity index (χ2v) is 14.0. The van der Waals surface area contributed by atoms with E-state index in [1.54, 1.807) is 4.90 Å². The van der Waals surface area contributed by atoms with Crippen molar-refractivity contribution in [2.24, 2.45) is 5.73 Å². The Balaban J connectivity index is 1.32. The summed E-state index contributed by atoms with van der Waals surface area (Å²) in [6.07, 6.45) is 0.315. The van der Waals surface area contributed by atoms with E-state index in [1.165, 1.54) is 17.0 Å². The predicted octanol–water partition coefficient (Wildman–Crippen LogP) is 3.08. The molecule has 0 aliphatic carbocycles. The molecule has 5 rings (SSSR count). The van der Waals surface area contributed by atoms with Gasteiger partial charge in [0.15, 0.2) is 0 Å². The zero-order valence-electron chi connectivity index (χ0n) is 24.5. The summed E-state index contributed by atoms with van der Waals surface area (Å²) in [4.78, 5) is 73.8. The lowest BCUT2D eigenvalue weighted by Crippen LogP contribution is -2.55. The monoisotopic (exact) mass is 678 g/mol. The van der Waals surface area contributed by atoms with Gasteiger partial charge in [0, 0.05) is 29.8 Å². The van der Waals surface area contributed by atoms with Crippen molar-refractivity contribution >= 4 is 52.6 Å². The number of nitrogens with zero attached hydrogens (tertiary/aromatic N) is 2. The molecule has 2 aliphatic heterocycles. The number of hydrogen-bond acceptors (Lipinski definition) is 7. The molecule has 46 heavy (non-hydrogen) atoms. The number of amides is 4. The number of alkyl halides is 2. The first kappa shape index (κ1) is 33.6. The largest absolute Gasteiger partial charge is 0.399 e. The van der Waals surface area contributed by atoms with Crippen molar-refractivity contribution in [1.82, 2.24) is 15.1 Å². The molecule has 2 aromatic carbocycles. The maximum Gasteiger partial charge on any atom is 0.399 e. The number of carbonyl (C=O) groups is 4. The van der Waals surface area contributed by atoms with Gasteiger partial charge in [-0.3, -0.25) is 23.7 Å². The number of nitrogens with two attached hydrogens (primary N) is 1. The van der Waals surface area contributed by atoms with E-state index in [4.69, 9.17) is 20.3 Å². The first-order valence-electron chi connectivity index (χ1n) is 14.6. The quantitative estimate of drug-likeness (QED) is 0.236. The topological polar surface area (TPSA) is 180 Å². The Morgan fingerprint density at radius 2 is 1.85 bits per heavy atom. The minimum absolute atomic E-state index is 0.0397. The van der Waals surface area contributed by atoms with Gasteiger partial charge in [0.2, 0.25) is 17.7 Å². The number of carbonyl (C=O) groups excluding carboxylic acids is 4. The van der Waals surface area contributed by atoms with Crippen LogP contribution in [0.5, 0.6) is 0 Å². The molecule has 0 radical (unpaired) electrons. The van der Waals surface area contributed by atoms with Gasteiger partial charge in [0.1, 0.15) is 18.2 Å². The molecular weight excluding hydrogens is 645 g/mol. The van der Waals surface area contributed by atoms with Crippen LogP contribution in [0.2, 0.25) is 0 Å². The Morgan fingerprint density at radius 1 is 1.11 bits per heavy atom. The van der Waals surface area contributed by atoms with Crippen molar-refractivity contribution in [3.63, 3.8) is 0 Å². The van der Waals surface area contributed by atoms with Crippen LogP contribution in [0.15, 0.2) is 54.6 Å². The van der Waals surface area contributed by atoms with Gasteiger partial charge < -0.3 is 35.4 Å². The van der Waals surface area contributed by atoms with E-state index in [9.17, 15) is 32.5 Å². The number of hydrogen-bond donors (Lipinski definition) is 4. The first-order valence-corrected chi connectivity index (χ1v) is 17.0. The normalized spacial score (nSPS) is 19.7. The van der Waals surface area contributed by atoms with Gasteiger partial charge in [-0.2, -0.15) is 8.78 Å². The molecule has 0 spiro atoms. The van der Waals surface area contributed by atoms with Gasteiger partial charge in [0.25, 0.3) is 5.91 Å². The number of ether oxygens (including phenoxy) is 1. The molecule has 2 fully saturated rings.